The zero-order valence-electron chi connectivity index (χ0n) is 15.6. The van der Waals surface area contributed by atoms with Crippen molar-refractivity contribution in [2.75, 3.05) is 32.3 Å². The first-order chi connectivity index (χ1) is 12.7. The van der Waals surface area contributed by atoms with Gasteiger partial charge in [-0.25, -0.2) is 4.99 Å². The number of rotatable bonds is 6. The van der Waals surface area contributed by atoms with Crippen LogP contribution < -0.4 is 25.0 Å². The lowest BCUT2D eigenvalue weighted by atomic mass is 10.2. The first kappa shape index (κ1) is 17.9. The number of nitrogens with zero attached hydrogens (tertiary/aromatic N) is 2. The van der Waals surface area contributed by atoms with Crippen LogP contribution in [0.2, 0.25) is 0 Å². The Balaban J connectivity index is 1.63. The Kier molecular flexibility index (Phi) is 5.84. The van der Waals surface area contributed by atoms with E-state index in [2.05, 4.69) is 46.7 Å². The van der Waals surface area contributed by atoms with E-state index >= 15 is 0 Å². The van der Waals surface area contributed by atoms with Crippen molar-refractivity contribution >= 4 is 11.6 Å². The third-order valence-electron chi connectivity index (χ3n) is 4.09. The summed E-state index contributed by atoms with van der Waals surface area (Å²) in [6.45, 7) is 4.45. The van der Waals surface area contributed by atoms with Crippen molar-refractivity contribution in [3.63, 3.8) is 0 Å². The van der Waals surface area contributed by atoms with E-state index in [0.29, 0.717) is 19.9 Å². The van der Waals surface area contributed by atoms with Crippen LogP contribution in [0.5, 0.6) is 11.5 Å². The van der Waals surface area contributed by atoms with Crippen molar-refractivity contribution < 1.29 is 9.47 Å². The Bertz CT molecular complexity index is 774. The van der Waals surface area contributed by atoms with E-state index in [1.807, 2.05) is 32.3 Å². The number of aliphatic imine (C=N–C) groups is 1. The van der Waals surface area contributed by atoms with Gasteiger partial charge < -0.3 is 25.0 Å². The Morgan fingerprint density at radius 3 is 2.69 bits per heavy atom. The first-order valence-corrected chi connectivity index (χ1v) is 8.82. The summed E-state index contributed by atoms with van der Waals surface area (Å²) in [7, 11) is 4.08. The Morgan fingerprint density at radius 1 is 1.04 bits per heavy atom. The molecule has 0 saturated heterocycles. The number of guanidine groups is 1. The molecule has 0 radical (unpaired) electrons. The van der Waals surface area contributed by atoms with Crippen LogP contribution in [-0.4, -0.2) is 33.4 Å². The van der Waals surface area contributed by atoms with Gasteiger partial charge >= 0.3 is 0 Å². The second kappa shape index (κ2) is 8.47. The van der Waals surface area contributed by atoms with Gasteiger partial charge in [-0.05, 0) is 42.3 Å². The predicted molar refractivity (Wildman–Crippen MR) is 105 cm³/mol. The minimum Gasteiger partial charge on any atom is -0.454 e. The van der Waals surface area contributed by atoms with Gasteiger partial charge in [0.05, 0.1) is 6.54 Å². The van der Waals surface area contributed by atoms with Crippen LogP contribution in [0.4, 0.5) is 5.69 Å². The summed E-state index contributed by atoms with van der Waals surface area (Å²) in [5.41, 5.74) is 3.47. The Labute approximate surface area is 154 Å². The number of benzene rings is 2. The highest BCUT2D eigenvalue weighted by Crippen LogP contribution is 2.32. The number of fused-ring (bicyclic) bond motifs is 1. The quantitative estimate of drug-likeness (QED) is 0.617. The van der Waals surface area contributed by atoms with E-state index in [9.17, 15) is 0 Å². The average Bonchev–Trinajstić information content (AvgIpc) is 3.12. The SMILES string of the molecule is CCNC(=NCc1cccc(N(C)C)c1)NCc1ccc2c(c1)OCO2. The van der Waals surface area contributed by atoms with Gasteiger partial charge in [0.15, 0.2) is 17.5 Å². The Hall–Kier alpha value is -2.89. The van der Waals surface area contributed by atoms with Gasteiger partial charge in [-0.2, -0.15) is 0 Å². The van der Waals surface area contributed by atoms with Crippen LogP contribution >= 0.6 is 0 Å². The van der Waals surface area contributed by atoms with E-state index < -0.39 is 0 Å². The molecule has 3 rings (SSSR count). The van der Waals surface area contributed by atoms with Crippen molar-refractivity contribution in [3.8, 4) is 11.5 Å². The van der Waals surface area contributed by atoms with Crippen molar-refractivity contribution in [3.05, 3.63) is 53.6 Å². The number of hydrogen-bond donors (Lipinski definition) is 2. The molecular weight excluding hydrogens is 328 g/mol. The van der Waals surface area contributed by atoms with Gasteiger partial charge in [0, 0.05) is 32.9 Å². The monoisotopic (exact) mass is 354 g/mol. The fourth-order valence-electron chi connectivity index (χ4n) is 2.68. The van der Waals surface area contributed by atoms with Crippen LogP contribution in [0.1, 0.15) is 18.1 Å². The summed E-state index contributed by atoms with van der Waals surface area (Å²) >= 11 is 0. The maximum absolute atomic E-state index is 5.43. The molecule has 1 aliphatic rings. The van der Waals surface area contributed by atoms with E-state index in [0.717, 1.165) is 29.6 Å². The van der Waals surface area contributed by atoms with E-state index in [-0.39, 0.29) is 0 Å². The molecule has 0 spiro atoms. The second-order valence-electron chi connectivity index (χ2n) is 6.30. The maximum Gasteiger partial charge on any atom is 0.231 e. The number of hydrogen-bond acceptors (Lipinski definition) is 4. The third-order valence-corrected chi connectivity index (χ3v) is 4.09. The largest absolute Gasteiger partial charge is 0.454 e. The third kappa shape index (κ3) is 4.59. The van der Waals surface area contributed by atoms with Crippen molar-refractivity contribution in [2.45, 2.75) is 20.0 Å². The summed E-state index contributed by atoms with van der Waals surface area (Å²) < 4.78 is 10.8. The summed E-state index contributed by atoms with van der Waals surface area (Å²) in [6.07, 6.45) is 0. The molecule has 0 bridgehead atoms. The minimum absolute atomic E-state index is 0.294. The standard InChI is InChI=1S/C20H26N4O2/c1-4-21-20(22-12-15-6-5-7-17(10-15)24(2)3)23-13-16-8-9-18-19(11-16)26-14-25-18/h5-11H,4,12-14H2,1-3H3,(H2,21,22,23). The lowest BCUT2D eigenvalue weighted by Gasteiger charge is -2.14. The lowest BCUT2D eigenvalue weighted by Crippen LogP contribution is -2.36. The summed E-state index contributed by atoms with van der Waals surface area (Å²) in [5.74, 6) is 2.39. The van der Waals surface area contributed by atoms with Gasteiger partial charge in [-0.15, -0.1) is 0 Å². The molecule has 6 heteroatoms. The van der Waals surface area contributed by atoms with E-state index in [1.54, 1.807) is 0 Å². The second-order valence-corrected chi connectivity index (χ2v) is 6.30. The molecule has 2 aromatic rings. The predicted octanol–water partition coefficient (Wildman–Crippen LogP) is 2.74. The van der Waals surface area contributed by atoms with Gasteiger partial charge in [0.2, 0.25) is 6.79 Å². The molecule has 0 unspecified atom stereocenters. The highest BCUT2D eigenvalue weighted by atomic mass is 16.7. The highest BCUT2D eigenvalue weighted by molar-refractivity contribution is 5.79. The lowest BCUT2D eigenvalue weighted by molar-refractivity contribution is 0.174. The molecule has 6 nitrogen and oxygen atoms in total. The fourth-order valence-corrected chi connectivity index (χ4v) is 2.68. The number of anilines is 1. The van der Waals surface area contributed by atoms with Crippen LogP contribution in [0, 0.1) is 0 Å². The topological polar surface area (TPSA) is 58.1 Å². The molecule has 2 N–H and O–H groups in total. The minimum atomic E-state index is 0.294. The molecule has 0 saturated carbocycles. The van der Waals surface area contributed by atoms with Crippen molar-refractivity contribution in [1.82, 2.24) is 10.6 Å². The van der Waals surface area contributed by atoms with Gasteiger partial charge in [0.1, 0.15) is 0 Å². The molecular formula is C20H26N4O2. The molecule has 138 valence electrons. The van der Waals surface area contributed by atoms with Gasteiger partial charge in [-0.1, -0.05) is 18.2 Å². The normalized spacial score (nSPS) is 12.8. The summed E-state index contributed by atoms with van der Waals surface area (Å²) in [4.78, 5) is 6.79. The van der Waals surface area contributed by atoms with Crippen molar-refractivity contribution in [2.24, 2.45) is 4.99 Å². The van der Waals surface area contributed by atoms with Crippen molar-refractivity contribution in [1.29, 1.82) is 0 Å². The summed E-state index contributed by atoms with van der Waals surface area (Å²) in [5, 5.41) is 6.65. The molecule has 0 aliphatic carbocycles. The van der Waals surface area contributed by atoms with E-state index in [1.165, 1.54) is 11.3 Å². The molecule has 0 atom stereocenters. The zero-order valence-corrected chi connectivity index (χ0v) is 15.6. The molecule has 1 aliphatic heterocycles. The highest BCUT2D eigenvalue weighted by Gasteiger charge is 2.13. The molecule has 0 aromatic heterocycles. The van der Waals surface area contributed by atoms with Crippen LogP contribution in [0.15, 0.2) is 47.5 Å². The average molecular weight is 354 g/mol. The van der Waals surface area contributed by atoms with E-state index in [4.69, 9.17) is 14.5 Å². The molecule has 1 heterocycles. The number of ether oxygens (including phenoxy) is 2. The van der Waals surface area contributed by atoms with Gasteiger partial charge in [-0.3, -0.25) is 0 Å². The fraction of sp³-hybridized carbons (Fsp3) is 0.350. The maximum atomic E-state index is 5.43. The van der Waals surface area contributed by atoms with Crippen LogP contribution in [0.25, 0.3) is 0 Å². The first-order valence-electron chi connectivity index (χ1n) is 8.82. The van der Waals surface area contributed by atoms with Crippen LogP contribution in [-0.2, 0) is 13.1 Å². The Morgan fingerprint density at radius 2 is 1.88 bits per heavy atom. The van der Waals surface area contributed by atoms with Crippen LogP contribution in [0.3, 0.4) is 0 Å². The molecule has 2 aromatic carbocycles. The molecule has 26 heavy (non-hydrogen) atoms. The smallest absolute Gasteiger partial charge is 0.231 e. The van der Waals surface area contributed by atoms with Gasteiger partial charge in [0.25, 0.3) is 0 Å². The summed E-state index contributed by atoms with van der Waals surface area (Å²) in [6, 6.07) is 14.4. The molecule has 0 fully saturated rings. The molecule has 0 amide bonds. The number of nitrogens with one attached hydrogen (secondary N) is 2. The zero-order chi connectivity index (χ0) is 18.4.